The zero-order valence-corrected chi connectivity index (χ0v) is 3.63. The van der Waals surface area contributed by atoms with E-state index in [2.05, 4.69) is 4.18 Å². The van der Waals surface area contributed by atoms with E-state index in [1.54, 1.807) is 0 Å². The summed E-state index contributed by atoms with van der Waals surface area (Å²) in [6, 6.07) is 0. The van der Waals surface area contributed by atoms with E-state index in [1.807, 2.05) is 0 Å². The molecule has 0 atom stereocenters. The van der Waals surface area contributed by atoms with Gasteiger partial charge in [-0.1, -0.05) is 4.18 Å². The Hall–Kier alpha value is -0.310. The minimum Gasteiger partial charge on any atom is -0.213 e. The molecule has 0 spiro atoms. The summed E-state index contributed by atoms with van der Waals surface area (Å²) < 4.78 is 14.6. The Morgan fingerprint density at radius 3 is 2.83 bits per heavy atom. The highest BCUT2D eigenvalue weighted by Crippen LogP contribution is 1.65. The van der Waals surface area contributed by atoms with Crippen molar-refractivity contribution in [3.8, 4) is 0 Å². The SMILES string of the molecule is O=C=[S+]OCF. The van der Waals surface area contributed by atoms with Gasteiger partial charge in [-0.2, -0.15) is 4.79 Å². The molecule has 4 heteroatoms. The van der Waals surface area contributed by atoms with Crippen molar-refractivity contribution < 1.29 is 13.4 Å². The van der Waals surface area contributed by atoms with Crippen LogP contribution >= 0.6 is 0 Å². The summed E-state index contributed by atoms with van der Waals surface area (Å²) in [6.45, 7) is -0.945. The molecule has 0 aliphatic rings. The molecule has 0 saturated heterocycles. The summed E-state index contributed by atoms with van der Waals surface area (Å²) in [4.78, 5) is 9.11. The Bertz CT molecular complexity index is 67.9. The van der Waals surface area contributed by atoms with E-state index in [4.69, 9.17) is 4.79 Å². The van der Waals surface area contributed by atoms with Crippen molar-refractivity contribution >= 4 is 16.9 Å². The molecule has 6 heavy (non-hydrogen) atoms. The van der Waals surface area contributed by atoms with E-state index in [0.29, 0.717) is 11.6 Å². The second-order valence-corrected chi connectivity index (χ2v) is 0.963. The maximum atomic E-state index is 10.8. The van der Waals surface area contributed by atoms with E-state index < -0.39 is 6.86 Å². The fraction of sp³-hybridized carbons (Fsp3) is 0.500. The largest absolute Gasteiger partial charge is 0.499 e. The molecule has 0 N–H and O–H groups in total. The van der Waals surface area contributed by atoms with Crippen LogP contribution in [0.15, 0.2) is 0 Å². The van der Waals surface area contributed by atoms with Gasteiger partial charge in [-0.25, -0.2) is 4.39 Å². The Morgan fingerprint density at radius 1 is 2.00 bits per heavy atom. The average Bonchev–Trinajstić information content (AvgIpc) is 1.61. The fourth-order valence-corrected chi connectivity index (χ4v) is 0.139. The van der Waals surface area contributed by atoms with Gasteiger partial charge in [0.25, 0.3) is 6.86 Å². The lowest BCUT2D eigenvalue weighted by atomic mass is 11.6. The Kier molecular flexibility index (Phi) is 4.45. The van der Waals surface area contributed by atoms with Gasteiger partial charge in [-0.05, 0) is 0 Å². The molecule has 0 rings (SSSR count). The number of hydrogen-bond donors (Lipinski definition) is 0. The van der Waals surface area contributed by atoms with Crippen LogP contribution in [0, 0.1) is 0 Å². The van der Waals surface area contributed by atoms with E-state index in [1.165, 1.54) is 5.23 Å². The predicted molar refractivity (Wildman–Crippen MR) is 20.1 cm³/mol. The second kappa shape index (κ2) is 4.69. The number of halogens is 1. The maximum Gasteiger partial charge on any atom is 0.499 e. The minimum absolute atomic E-state index is 0.328. The Labute approximate surface area is 38.1 Å². The van der Waals surface area contributed by atoms with Gasteiger partial charge in [-0.15, -0.1) is 0 Å². The van der Waals surface area contributed by atoms with Crippen LogP contribution in [0.4, 0.5) is 4.39 Å². The van der Waals surface area contributed by atoms with Crippen molar-refractivity contribution in [2.45, 2.75) is 0 Å². The second-order valence-electron chi connectivity index (χ2n) is 0.394. The van der Waals surface area contributed by atoms with Gasteiger partial charge in [0.2, 0.25) is 0 Å². The lowest BCUT2D eigenvalue weighted by molar-refractivity contribution is 0.226. The van der Waals surface area contributed by atoms with Crippen LogP contribution in [0.1, 0.15) is 0 Å². The molecule has 0 fully saturated rings. The summed E-state index contributed by atoms with van der Waals surface area (Å²) in [5.41, 5.74) is 0. The Morgan fingerprint density at radius 2 is 2.67 bits per heavy atom. The van der Waals surface area contributed by atoms with Crippen LogP contribution in [0.2, 0.25) is 0 Å². The smallest absolute Gasteiger partial charge is 0.213 e. The van der Waals surface area contributed by atoms with Crippen LogP contribution in [0.25, 0.3) is 0 Å². The molecule has 0 aromatic carbocycles. The standard InChI is InChI=1S/C2H2FO2S/c3-1-5-6-2-4/h1H2/q+1. The summed E-state index contributed by atoms with van der Waals surface area (Å²) in [7, 11) is 0. The predicted octanol–water partition coefficient (Wildman–Crippen LogP) is -0.00520. The fourth-order valence-electron chi connectivity index (χ4n) is 0.0463. The molecule has 0 heterocycles. The quantitative estimate of drug-likeness (QED) is 0.283. The van der Waals surface area contributed by atoms with Gasteiger partial charge in [-0.3, -0.25) is 0 Å². The van der Waals surface area contributed by atoms with Gasteiger partial charge in [0.05, 0.1) is 0 Å². The third-order valence-corrected chi connectivity index (χ3v) is 0.412. The molecule has 0 aromatic heterocycles. The molecule has 0 unspecified atom stereocenters. The molecule has 0 bridgehead atoms. The van der Waals surface area contributed by atoms with Crippen molar-refractivity contribution in [2.24, 2.45) is 0 Å². The van der Waals surface area contributed by atoms with E-state index in [-0.39, 0.29) is 0 Å². The highest BCUT2D eigenvalue weighted by molar-refractivity contribution is 7.71. The topological polar surface area (TPSA) is 26.3 Å². The van der Waals surface area contributed by atoms with Crippen LogP contribution in [0.3, 0.4) is 0 Å². The molecule has 0 saturated carbocycles. The highest BCUT2D eigenvalue weighted by atomic mass is 32.2. The molecule has 0 aliphatic carbocycles. The lowest BCUT2D eigenvalue weighted by Crippen LogP contribution is -1.75. The summed E-state index contributed by atoms with van der Waals surface area (Å²) in [5, 5.41) is 1.27. The first kappa shape index (κ1) is 5.69. The number of hydrogen-bond acceptors (Lipinski definition) is 2. The molecule has 0 amide bonds. The third kappa shape index (κ3) is 3.69. The molecule has 0 aromatic rings. The number of carbonyl (C=O) groups excluding carboxylic acids is 1. The van der Waals surface area contributed by atoms with E-state index >= 15 is 0 Å². The summed E-state index contributed by atoms with van der Waals surface area (Å²) in [5.74, 6) is 0. The monoisotopic (exact) mass is 109 g/mol. The molecular formula is C2H2FO2S+. The highest BCUT2D eigenvalue weighted by Gasteiger charge is 1.88. The van der Waals surface area contributed by atoms with Gasteiger partial charge >= 0.3 is 16.9 Å². The zero-order chi connectivity index (χ0) is 4.83. The van der Waals surface area contributed by atoms with Gasteiger partial charge in [0, 0.05) is 0 Å². The first-order chi connectivity index (χ1) is 2.91. The minimum atomic E-state index is -0.945. The number of alkyl halides is 1. The first-order valence-electron chi connectivity index (χ1n) is 1.13. The first-order valence-corrected chi connectivity index (χ1v) is 1.87. The molecule has 0 aliphatic heterocycles. The van der Waals surface area contributed by atoms with Crippen LogP contribution in [-0.4, -0.2) is 12.1 Å². The molecular weight excluding hydrogens is 107 g/mol. The Balaban J connectivity index is 2.86. The average molecular weight is 109 g/mol. The van der Waals surface area contributed by atoms with E-state index in [0.717, 1.165) is 0 Å². The summed E-state index contributed by atoms with van der Waals surface area (Å²) >= 11 is 0.328. The van der Waals surface area contributed by atoms with E-state index in [9.17, 15) is 4.39 Å². The van der Waals surface area contributed by atoms with Crippen molar-refractivity contribution in [2.75, 3.05) is 6.86 Å². The van der Waals surface area contributed by atoms with Gasteiger partial charge in [0.15, 0.2) is 0 Å². The normalized spacial score (nSPS) is 6.83. The van der Waals surface area contributed by atoms with Crippen molar-refractivity contribution in [3.05, 3.63) is 0 Å². The van der Waals surface area contributed by atoms with Gasteiger partial charge < -0.3 is 0 Å². The third-order valence-electron chi connectivity index (χ3n) is 0.137. The number of rotatable bonds is 2. The molecule has 0 radical (unpaired) electrons. The van der Waals surface area contributed by atoms with Crippen LogP contribution < -0.4 is 0 Å². The van der Waals surface area contributed by atoms with Crippen molar-refractivity contribution in [3.63, 3.8) is 0 Å². The van der Waals surface area contributed by atoms with Crippen LogP contribution in [-0.2, 0) is 20.6 Å². The van der Waals surface area contributed by atoms with Crippen molar-refractivity contribution in [1.29, 1.82) is 0 Å². The zero-order valence-electron chi connectivity index (χ0n) is 2.81. The molecule has 34 valence electrons. The van der Waals surface area contributed by atoms with Gasteiger partial charge in [0.1, 0.15) is 0 Å². The van der Waals surface area contributed by atoms with Crippen LogP contribution in [0.5, 0.6) is 0 Å². The van der Waals surface area contributed by atoms with Crippen molar-refractivity contribution in [1.82, 2.24) is 0 Å². The molecule has 2 nitrogen and oxygen atoms in total. The lowest BCUT2D eigenvalue weighted by Gasteiger charge is -1.56. The maximum absolute atomic E-state index is 10.8. The summed E-state index contributed by atoms with van der Waals surface area (Å²) in [6.07, 6.45) is 0.